The number of rotatable bonds is 3. The summed E-state index contributed by atoms with van der Waals surface area (Å²) in [5, 5.41) is 0. The molecule has 1 fully saturated rings. The average Bonchev–Trinajstić information content (AvgIpc) is 1.87. The molecule has 0 heterocycles. The van der Waals surface area contributed by atoms with E-state index >= 15 is 0 Å². The molecule has 0 atom stereocenters. The van der Waals surface area contributed by atoms with Crippen LogP contribution in [0, 0.1) is 17.3 Å². The molecule has 0 nitrogen and oxygen atoms in total. The number of alkyl halides is 1. The lowest BCUT2D eigenvalue weighted by atomic mass is 9.58. The maximum absolute atomic E-state index is 5.93. The molecule has 1 rings (SSSR count). The van der Waals surface area contributed by atoms with Gasteiger partial charge in [-0.2, -0.15) is 0 Å². The molecule has 0 unspecified atom stereocenters. The van der Waals surface area contributed by atoms with Crippen LogP contribution in [0.15, 0.2) is 0 Å². The van der Waals surface area contributed by atoms with Crippen LogP contribution in [0.5, 0.6) is 0 Å². The van der Waals surface area contributed by atoms with Gasteiger partial charge in [-0.1, -0.05) is 20.8 Å². The molecule has 1 saturated carbocycles. The Labute approximate surface area is 75.3 Å². The summed E-state index contributed by atoms with van der Waals surface area (Å²) in [5.74, 6) is 2.68. The number of hydrogen-bond donors (Lipinski definition) is 0. The van der Waals surface area contributed by atoms with Crippen LogP contribution in [0.3, 0.4) is 0 Å². The van der Waals surface area contributed by atoms with Gasteiger partial charge in [-0.3, -0.25) is 0 Å². The average molecular weight is 175 g/mol. The first-order valence-electron chi connectivity index (χ1n) is 4.69. The largest absolute Gasteiger partial charge is 0.126 e. The van der Waals surface area contributed by atoms with Gasteiger partial charge in [0.2, 0.25) is 0 Å². The van der Waals surface area contributed by atoms with Gasteiger partial charge in [0, 0.05) is 5.88 Å². The Hall–Kier alpha value is 0.290. The molecule has 0 bridgehead atoms. The first-order valence-corrected chi connectivity index (χ1v) is 5.23. The van der Waals surface area contributed by atoms with Gasteiger partial charge in [0.25, 0.3) is 0 Å². The molecule has 1 heteroatoms. The zero-order valence-electron chi connectivity index (χ0n) is 7.86. The smallest absolute Gasteiger partial charge is 0.0280 e. The fraction of sp³-hybridized carbons (Fsp3) is 1.00. The molecule has 0 aliphatic heterocycles. The first kappa shape index (κ1) is 9.38. The minimum absolute atomic E-state index is 0.524. The predicted molar refractivity (Wildman–Crippen MR) is 51.0 cm³/mol. The lowest BCUT2D eigenvalue weighted by Gasteiger charge is -2.48. The van der Waals surface area contributed by atoms with Crippen molar-refractivity contribution >= 4 is 11.6 Å². The van der Waals surface area contributed by atoms with Crippen molar-refractivity contribution in [3.05, 3.63) is 0 Å². The number of halogens is 1. The second kappa shape index (κ2) is 3.35. The quantitative estimate of drug-likeness (QED) is 0.573. The zero-order valence-corrected chi connectivity index (χ0v) is 8.62. The van der Waals surface area contributed by atoms with E-state index in [-0.39, 0.29) is 0 Å². The van der Waals surface area contributed by atoms with Crippen LogP contribution in [-0.2, 0) is 0 Å². The third-order valence-corrected chi connectivity index (χ3v) is 3.93. The Balaban J connectivity index is 2.35. The van der Waals surface area contributed by atoms with Crippen molar-refractivity contribution in [1.82, 2.24) is 0 Å². The van der Waals surface area contributed by atoms with Crippen molar-refractivity contribution in [3.63, 3.8) is 0 Å². The Morgan fingerprint density at radius 3 is 2.27 bits per heavy atom. The summed E-state index contributed by atoms with van der Waals surface area (Å²) >= 11 is 5.93. The van der Waals surface area contributed by atoms with Crippen molar-refractivity contribution in [2.75, 3.05) is 5.88 Å². The lowest BCUT2D eigenvalue weighted by Crippen LogP contribution is -2.40. The van der Waals surface area contributed by atoms with E-state index in [0.717, 1.165) is 17.7 Å². The standard InChI is InChI=1S/C10H19Cl/c1-4-10(7-11)5-9(6-10)8(2)3/h8-9H,4-7H2,1-3H3. The lowest BCUT2D eigenvalue weighted by molar-refractivity contribution is 0.0431. The Kier molecular flexibility index (Phi) is 2.85. The van der Waals surface area contributed by atoms with E-state index in [1.807, 2.05) is 0 Å². The number of hydrogen-bond acceptors (Lipinski definition) is 0. The highest BCUT2D eigenvalue weighted by Crippen LogP contribution is 2.51. The molecule has 0 N–H and O–H groups in total. The van der Waals surface area contributed by atoms with Crippen LogP contribution >= 0.6 is 11.6 Å². The topological polar surface area (TPSA) is 0 Å². The zero-order chi connectivity index (χ0) is 8.48. The van der Waals surface area contributed by atoms with Gasteiger partial charge in [-0.15, -0.1) is 11.6 Å². The summed E-state index contributed by atoms with van der Waals surface area (Å²) in [7, 11) is 0. The molecular weight excluding hydrogens is 156 g/mol. The molecule has 1 aliphatic rings. The fourth-order valence-corrected chi connectivity index (χ4v) is 2.42. The molecule has 0 spiro atoms. The molecule has 0 aromatic carbocycles. The second-order valence-electron chi connectivity index (χ2n) is 4.40. The Morgan fingerprint density at radius 2 is 2.00 bits per heavy atom. The van der Waals surface area contributed by atoms with Gasteiger partial charge in [0.1, 0.15) is 0 Å². The van der Waals surface area contributed by atoms with Gasteiger partial charge in [-0.05, 0) is 36.5 Å². The normalized spacial score (nSPS) is 37.4. The third-order valence-electron chi connectivity index (χ3n) is 3.37. The van der Waals surface area contributed by atoms with Crippen LogP contribution in [0.2, 0.25) is 0 Å². The minimum Gasteiger partial charge on any atom is -0.126 e. The van der Waals surface area contributed by atoms with Crippen LogP contribution in [0.1, 0.15) is 40.0 Å². The maximum Gasteiger partial charge on any atom is 0.0280 e. The molecule has 0 amide bonds. The van der Waals surface area contributed by atoms with Crippen LogP contribution in [0.25, 0.3) is 0 Å². The molecular formula is C10H19Cl. The third kappa shape index (κ3) is 1.72. The predicted octanol–water partition coefficient (Wildman–Crippen LogP) is 3.69. The summed E-state index contributed by atoms with van der Waals surface area (Å²) in [6.07, 6.45) is 4.00. The summed E-state index contributed by atoms with van der Waals surface area (Å²) < 4.78 is 0. The van der Waals surface area contributed by atoms with E-state index in [1.54, 1.807) is 0 Å². The van der Waals surface area contributed by atoms with E-state index in [9.17, 15) is 0 Å². The summed E-state index contributed by atoms with van der Waals surface area (Å²) in [6.45, 7) is 6.90. The monoisotopic (exact) mass is 174 g/mol. The SMILES string of the molecule is CCC1(CCl)CC(C(C)C)C1. The van der Waals surface area contributed by atoms with E-state index in [4.69, 9.17) is 11.6 Å². The highest BCUT2D eigenvalue weighted by Gasteiger charge is 2.42. The van der Waals surface area contributed by atoms with Crippen molar-refractivity contribution in [2.24, 2.45) is 17.3 Å². The molecule has 0 radical (unpaired) electrons. The van der Waals surface area contributed by atoms with E-state index in [2.05, 4.69) is 20.8 Å². The van der Waals surface area contributed by atoms with E-state index in [1.165, 1.54) is 19.3 Å². The van der Waals surface area contributed by atoms with Gasteiger partial charge < -0.3 is 0 Å². The minimum atomic E-state index is 0.524. The Morgan fingerprint density at radius 1 is 1.45 bits per heavy atom. The highest BCUT2D eigenvalue weighted by atomic mass is 35.5. The second-order valence-corrected chi connectivity index (χ2v) is 4.67. The molecule has 11 heavy (non-hydrogen) atoms. The molecule has 1 aliphatic carbocycles. The molecule has 0 aromatic rings. The van der Waals surface area contributed by atoms with Gasteiger partial charge in [-0.25, -0.2) is 0 Å². The Bertz CT molecular complexity index is 117. The molecule has 0 aromatic heterocycles. The summed E-state index contributed by atoms with van der Waals surface area (Å²) in [6, 6.07) is 0. The first-order chi connectivity index (χ1) is 5.13. The van der Waals surface area contributed by atoms with Gasteiger partial charge >= 0.3 is 0 Å². The summed E-state index contributed by atoms with van der Waals surface area (Å²) in [5.41, 5.74) is 0.524. The maximum atomic E-state index is 5.93. The van der Waals surface area contributed by atoms with Gasteiger partial charge in [0.05, 0.1) is 0 Å². The van der Waals surface area contributed by atoms with Crippen molar-refractivity contribution in [2.45, 2.75) is 40.0 Å². The van der Waals surface area contributed by atoms with Crippen molar-refractivity contribution in [3.8, 4) is 0 Å². The van der Waals surface area contributed by atoms with Crippen LogP contribution in [0.4, 0.5) is 0 Å². The van der Waals surface area contributed by atoms with Crippen molar-refractivity contribution in [1.29, 1.82) is 0 Å². The van der Waals surface area contributed by atoms with Crippen LogP contribution in [-0.4, -0.2) is 5.88 Å². The molecule has 66 valence electrons. The fourth-order valence-electron chi connectivity index (χ4n) is 2.02. The molecule has 0 saturated heterocycles. The van der Waals surface area contributed by atoms with Gasteiger partial charge in [0.15, 0.2) is 0 Å². The van der Waals surface area contributed by atoms with E-state index < -0.39 is 0 Å². The van der Waals surface area contributed by atoms with Crippen LogP contribution < -0.4 is 0 Å². The van der Waals surface area contributed by atoms with E-state index in [0.29, 0.717) is 5.41 Å². The summed E-state index contributed by atoms with van der Waals surface area (Å²) in [4.78, 5) is 0. The van der Waals surface area contributed by atoms with Crippen molar-refractivity contribution < 1.29 is 0 Å². The highest BCUT2D eigenvalue weighted by molar-refractivity contribution is 6.18.